The molecule has 0 radical (unpaired) electrons. The third kappa shape index (κ3) is 7.41. The summed E-state index contributed by atoms with van der Waals surface area (Å²) in [4.78, 5) is 0. The molecule has 3 heteroatoms. The Bertz CT molecular complexity index is 885. The average Bonchev–Trinajstić information content (AvgIpc) is 3.17. The summed E-state index contributed by atoms with van der Waals surface area (Å²) < 4.78 is 0. The SMILES string of the molecule is Cc1cc(-c2ccccc2)c(C)[cH-]1.Cc1cc(-c2ccccc2)c(C)[cH-]1.[Cl-].[Cl-].[Hf+4]. The first-order chi connectivity index (χ1) is 12.5. The summed E-state index contributed by atoms with van der Waals surface area (Å²) in [6.45, 7) is 8.60. The van der Waals surface area contributed by atoms with E-state index in [2.05, 4.69) is 113 Å². The second kappa shape index (κ2) is 13.0. The zero-order valence-corrected chi connectivity index (χ0v) is 22.4. The molecule has 4 aromatic rings. The quantitative estimate of drug-likeness (QED) is 0.246. The molecule has 29 heavy (non-hydrogen) atoms. The Balaban J connectivity index is 0.000000490. The molecule has 0 saturated heterocycles. The van der Waals surface area contributed by atoms with Crippen molar-refractivity contribution in [2.75, 3.05) is 0 Å². The minimum atomic E-state index is 0. The summed E-state index contributed by atoms with van der Waals surface area (Å²) in [7, 11) is 0. The third-order valence-corrected chi connectivity index (χ3v) is 4.65. The van der Waals surface area contributed by atoms with Crippen molar-refractivity contribution in [2.24, 2.45) is 0 Å². The van der Waals surface area contributed by atoms with Crippen LogP contribution in [0.15, 0.2) is 84.9 Å². The summed E-state index contributed by atoms with van der Waals surface area (Å²) in [5.41, 5.74) is 10.8. The van der Waals surface area contributed by atoms with Crippen LogP contribution in [0.5, 0.6) is 0 Å². The molecule has 0 N–H and O–H groups in total. The summed E-state index contributed by atoms with van der Waals surface area (Å²) in [5, 5.41) is 0. The van der Waals surface area contributed by atoms with Crippen LogP contribution in [0.2, 0.25) is 0 Å². The maximum Gasteiger partial charge on any atom is 4.00 e. The van der Waals surface area contributed by atoms with E-state index in [1.165, 1.54) is 44.5 Å². The van der Waals surface area contributed by atoms with E-state index < -0.39 is 0 Å². The van der Waals surface area contributed by atoms with E-state index in [-0.39, 0.29) is 50.7 Å². The van der Waals surface area contributed by atoms with Gasteiger partial charge in [-0.2, -0.15) is 45.5 Å². The maximum absolute atomic E-state index is 2.24. The molecule has 0 unspecified atom stereocenters. The third-order valence-electron chi connectivity index (χ3n) is 4.65. The van der Waals surface area contributed by atoms with E-state index in [0.29, 0.717) is 0 Å². The van der Waals surface area contributed by atoms with Gasteiger partial charge >= 0.3 is 25.8 Å². The fourth-order valence-corrected chi connectivity index (χ4v) is 3.46. The standard InChI is InChI=1S/2C13H13.2ClH.Hf/c2*1-10-8-11(2)13(9-10)12-6-4-3-5-7-12;;;/h2*3-9H,1-2H3;2*1H;/q2*-1;;;+4/p-2. The molecule has 148 valence electrons. The minimum absolute atomic E-state index is 0. The van der Waals surface area contributed by atoms with Gasteiger partial charge in [-0.15, -0.1) is 0 Å². The van der Waals surface area contributed by atoms with Gasteiger partial charge in [0.2, 0.25) is 0 Å². The summed E-state index contributed by atoms with van der Waals surface area (Å²) in [6, 6.07) is 30.0. The van der Waals surface area contributed by atoms with Crippen LogP contribution in [0.1, 0.15) is 22.3 Å². The van der Waals surface area contributed by atoms with Crippen LogP contribution in [0.4, 0.5) is 0 Å². The van der Waals surface area contributed by atoms with Crippen LogP contribution < -0.4 is 24.8 Å². The number of benzene rings is 2. The van der Waals surface area contributed by atoms with Crippen molar-refractivity contribution in [1.82, 2.24) is 0 Å². The monoisotopic (exact) mass is 588 g/mol. The average molecular weight is 588 g/mol. The molecular weight excluding hydrogens is 562 g/mol. The topological polar surface area (TPSA) is 0 Å². The molecule has 4 aromatic carbocycles. The number of halogens is 2. The van der Waals surface area contributed by atoms with Crippen LogP contribution in [-0.4, -0.2) is 0 Å². The molecule has 0 nitrogen and oxygen atoms in total. The van der Waals surface area contributed by atoms with E-state index in [4.69, 9.17) is 0 Å². The van der Waals surface area contributed by atoms with Crippen molar-refractivity contribution in [3.63, 3.8) is 0 Å². The molecular formula is C26H26Cl2Hf. The van der Waals surface area contributed by atoms with Crippen molar-refractivity contribution in [3.8, 4) is 22.3 Å². The number of aryl methyl sites for hydroxylation is 4. The second-order valence-corrected chi connectivity index (χ2v) is 6.99. The Morgan fingerprint density at radius 1 is 0.517 bits per heavy atom. The van der Waals surface area contributed by atoms with Gasteiger partial charge in [-0.1, -0.05) is 99.5 Å². The van der Waals surface area contributed by atoms with Gasteiger partial charge in [-0.05, 0) is 0 Å². The Morgan fingerprint density at radius 3 is 1.07 bits per heavy atom. The van der Waals surface area contributed by atoms with Crippen molar-refractivity contribution in [2.45, 2.75) is 27.7 Å². The fraction of sp³-hybridized carbons (Fsp3) is 0.154. The van der Waals surface area contributed by atoms with Crippen LogP contribution in [-0.2, 0) is 25.8 Å². The van der Waals surface area contributed by atoms with Crippen molar-refractivity contribution in [3.05, 3.63) is 107 Å². The first-order valence-corrected chi connectivity index (χ1v) is 9.13. The molecule has 0 fully saturated rings. The van der Waals surface area contributed by atoms with Gasteiger partial charge < -0.3 is 24.8 Å². The molecule has 0 spiro atoms. The molecule has 0 saturated carbocycles. The molecule has 0 aromatic heterocycles. The van der Waals surface area contributed by atoms with Crippen molar-refractivity contribution >= 4 is 0 Å². The van der Waals surface area contributed by atoms with Gasteiger partial charge in [-0.25, -0.2) is 12.1 Å². The fourth-order valence-electron chi connectivity index (χ4n) is 3.46. The molecule has 0 aliphatic rings. The van der Waals surface area contributed by atoms with E-state index in [0.717, 1.165) is 0 Å². The van der Waals surface area contributed by atoms with Gasteiger partial charge in [0.15, 0.2) is 0 Å². The van der Waals surface area contributed by atoms with E-state index in [9.17, 15) is 0 Å². The van der Waals surface area contributed by atoms with Gasteiger partial charge in [0.1, 0.15) is 0 Å². The first kappa shape index (κ1) is 27.6. The predicted octanol–water partition coefficient (Wildman–Crippen LogP) is 1.38. The van der Waals surface area contributed by atoms with Crippen molar-refractivity contribution in [1.29, 1.82) is 0 Å². The van der Waals surface area contributed by atoms with E-state index in [1.54, 1.807) is 0 Å². The minimum Gasteiger partial charge on any atom is -1.00 e. The number of rotatable bonds is 2. The van der Waals surface area contributed by atoms with Crippen LogP contribution in [0.25, 0.3) is 22.3 Å². The molecule has 0 aliphatic heterocycles. The predicted molar refractivity (Wildman–Crippen MR) is 114 cm³/mol. The molecule has 0 atom stereocenters. The van der Waals surface area contributed by atoms with Gasteiger partial charge in [0.25, 0.3) is 0 Å². The zero-order valence-electron chi connectivity index (χ0n) is 17.3. The summed E-state index contributed by atoms with van der Waals surface area (Å²) in [5.74, 6) is 0. The summed E-state index contributed by atoms with van der Waals surface area (Å²) in [6.07, 6.45) is 0. The molecule has 4 rings (SSSR count). The van der Waals surface area contributed by atoms with E-state index >= 15 is 0 Å². The number of hydrogen-bond donors (Lipinski definition) is 0. The Morgan fingerprint density at radius 2 is 0.828 bits per heavy atom. The normalized spacial score (nSPS) is 9.24. The smallest absolute Gasteiger partial charge is 1.00 e. The van der Waals surface area contributed by atoms with Gasteiger partial charge in [0, 0.05) is 0 Å². The number of hydrogen-bond acceptors (Lipinski definition) is 0. The van der Waals surface area contributed by atoms with Crippen LogP contribution >= 0.6 is 0 Å². The molecule has 0 aliphatic carbocycles. The van der Waals surface area contributed by atoms with Crippen LogP contribution in [0.3, 0.4) is 0 Å². The summed E-state index contributed by atoms with van der Waals surface area (Å²) >= 11 is 0. The Hall–Kier alpha value is -1.41. The van der Waals surface area contributed by atoms with Crippen molar-refractivity contribution < 1.29 is 50.7 Å². The Kier molecular flexibility index (Phi) is 12.4. The van der Waals surface area contributed by atoms with E-state index in [1.807, 2.05) is 0 Å². The first-order valence-electron chi connectivity index (χ1n) is 9.13. The van der Waals surface area contributed by atoms with Gasteiger partial charge in [0.05, 0.1) is 0 Å². The molecule has 0 heterocycles. The van der Waals surface area contributed by atoms with Gasteiger partial charge in [-0.3, -0.25) is 0 Å². The van der Waals surface area contributed by atoms with Crippen LogP contribution in [0, 0.1) is 27.7 Å². The second-order valence-electron chi connectivity index (χ2n) is 6.99. The molecule has 0 bridgehead atoms. The Labute approximate surface area is 206 Å². The molecule has 0 amide bonds. The largest absolute Gasteiger partial charge is 4.00 e. The zero-order chi connectivity index (χ0) is 18.5. The maximum atomic E-state index is 2.24.